The van der Waals surface area contributed by atoms with Gasteiger partial charge in [0.2, 0.25) is 5.91 Å². The Kier molecular flexibility index (Phi) is 3.43. The Balaban J connectivity index is 2.43. The third-order valence-electron chi connectivity index (χ3n) is 2.76. The van der Waals surface area contributed by atoms with Gasteiger partial charge < -0.3 is 15.4 Å². The highest BCUT2D eigenvalue weighted by Crippen LogP contribution is 2.34. The lowest BCUT2D eigenvalue weighted by Crippen LogP contribution is -2.49. The van der Waals surface area contributed by atoms with Gasteiger partial charge in [0.15, 0.2) is 6.10 Å². The van der Waals surface area contributed by atoms with Gasteiger partial charge in [0.25, 0.3) is 5.91 Å². The smallest absolute Gasteiger partial charge is 0.260 e. The molecule has 18 heavy (non-hydrogen) atoms. The van der Waals surface area contributed by atoms with Gasteiger partial charge in [-0.15, -0.1) is 11.6 Å². The van der Waals surface area contributed by atoms with E-state index in [9.17, 15) is 9.59 Å². The molecule has 1 heterocycles. The minimum absolute atomic E-state index is 0.0946. The number of halogens is 1. The number of amides is 2. The van der Waals surface area contributed by atoms with E-state index in [1.54, 1.807) is 6.07 Å². The van der Waals surface area contributed by atoms with Crippen molar-refractivity contribution >= 4 is 29.1 Å². The Hall–Kier alpha value is -1.75. The average molecular weight is 269 g/mol. The number of hydrogen-bond donors (Lipinski definition) is 1. The molecule has 0 aliphatic carbocycles. The number of aryl methyl sites for hydroxylation is 1. The summed E-state index contributed by atoms with van der Waals surface area (Å²) in [6.45, 7) is 2.00. The summed E-state index contributed by atoms with van der Waals surface area (Å²) < 4.78 is 5.46. The lowest BCUT2D eigenvalue weighted by atomic mass is 10.1. The number of carbonyl (C=O) groups is 2. The first-order valence-corrected chi connectivity index (χ1v) is 5.99. The van der Waals surface area contributed by atoms with Gasteiger partial charge in [-0.05, 0) is 24.6 Å². The van der Waals surface area contributed by atoms with Gasteiger partial charge in [-0.25, -0.2) is 0 Å². The highest BCUT2D eigenvalue weighted by atomic mass is 35.5. The maximum Gasteiger partial charge on any atom is 0.260 e. The Morgan fingerprint density at radius 2 is 2.28 bits per heavy atom. The summed E-state index contributed by atoms with van der Waals surface area (Å²) in [5.74, 6) is -0.570. The van der Waals surface area contributed by atoms with Crippen LogP contribution in [0.4, 0.5) is 5.69 Å². The van der Waals surface area contributed by atoms with Crippen LogP contribution in [0.2, 0.25) is 0 Å². The summed E-state index contributed by atoms with van der Waals surface area (Å²) in [5.41, 5.74) is 6.83. The molecule has 1 unspecified atom stereocenters. The van der Waals surface area contributed by atoms with Crippen molar-refractivity contribution in [2.75, 3.05) is 17.3 Å². The fourth-order valence-corrected chi connectivity index (χ4v) is 1.99. The molecule has 2 N–H and O–H groups in total. The van der Waals surface area contributed by atoms with Gasteiger partial charge in [0, 0.05) is 0 Å². The Morgan fingerprint density at radius 1 is 1.56 bits per heavy atom. The zero-order valence-electron chi connectivity index (χ0n) is 9.85. The molecule has 1 aliphatic rings. The topological polar surface area (TPSA) is 72.6 Å². The van der Waals surface area contributed by atoms with Crippen LogP contribution in [0.25, 0.3) is 0 Å². The molecule has 1 aliphatic heterocycles. The average Bonchev–Trinajstić information content (AvgIpc) is 2.36. The largest absolute Gasteiger partial charge is 0.477 e. The molecule has 1 aromatic rings. The van der Waals surface area contributed by atoms with E-state index >= 15 is 0 Å². The van der Waals surface area contributed by atoms with Crippen molar-refractivity contribution in [2.45, 2.75) is 13.0 Å². The first kappa shape index (κ1) is 12.7. The van der Waals surface area contributed by atoms with E-state index in [0.717, 1.165) is 5.56 Å². The van der Waals surface area contributed by atoms with E-state index in [4.69, 9.17) is 22.1 Å². The van der Waals surface area contributed by atoms with Crippen LogP contribution in [0.5, 0.6) is 5.75 Å². The Morgan fingerprint density at radius 3 is 2.89 bits per heavy atom. The SMILES string of the molecule is Cc1ccc2c(c1)N(C(=O)CCl)CC(C(N)=O)O2. The van der Waals surface area contributed by atoms with E-state index in [1.807, 2.05) is 19.1 Å². The Labute approximate surface area is 109 Å². The first-order chi connectivity index (χ1) is 8.52. The van der Waals surface area contributed by atoms with Crippen LogP contribution in [0.1, 0.15) is 5.56 Å². The number of anilines is 1. The first-order valence-electron chi connectivity index (χ1n) is 5.46. The van der Waals surface area contributed by atoms with Crippen molar-refractivity contribution in [3.05, 3.63) is 23.8 Å². The molecule has 2 rings (SSSR count). The second-order valence-electron chi connectivity index (χ2n) is 4.12. The van der Waals surface area contributed by atoms with Gasteiger partial charge in [-0.3, -0.25) is 9.59 Å². The maximum absolute atomic E-state index is 11.8. The van der Waals surface area contributed by atoms with Gasteiger partial charge >= 0.3 is 0 Å². The van der Waals surface area contributed by atoms with Crippen molar-refractivity contribution in [2.24, 2.45) is 5.73 Å². The number of rotatable bonds is 2. The molecule has 6 heteroatoms. The standard InChI is InChI=1S/C12H13ClN2O3/c1-7-2-3-9-8(4-7)15(11(16)5-13)6-10(18-9)12(14)17/h2-4,10H,5-6H2,1H3,(H2,14,17). The summed E-state index contributed by atoms with van der Waals surface area (Å²) in [5, 5.41) is 0. The van der Waals surface area contributed by atoms with Crippen LogP contribution in [-0.2, 0) is 9.59 Å². The molecule has 1 aromatic carbocycles. The van der Waals surface area contributed by atoms with Gasteiger partial charge in [-0.2, -0.15) is 0 Å². The number of primary amides is 1. The number of alkyl halides is 1. The molecule has 0 bridgehead atoms. The molecule has 0 fully saturated rings. The van der Waals surface area contributed by atoms with E-state index in [1.165, 1.54) is 4.90 Å². The van der Waals surface area contributed by atoms with E-state index in [2.05, 4.69) is 0 Å². The predicted molar refractivity (Wildman–Crippen MR) is 67.9 cm³/mol. The van der Waals surface area contributed by atoms with Crippen molar-refractivity contribution in [3.8, 4) is 5.75 Å². The summed E-state index contributed by atoms with van der Waals surface area (Å²) in [7, 11) is 0. The van der Waals surface area contributed by atoms with Gasteiger partial charge in [0.1, 0.15) is 11.6 Å². The zero-order valence-corrected chi connectivity index (χ0v) is 10.6. The maximum atomic E-state index is 11.8. The molecule has 0 saturated heterocycles. The number of nitrogens with zero attached hydrogens (tertiary/aromatic N) is 1. The molecule has 96 valence electrons. The van der Waals surface area contributed by atoms with Crippen LogP contribution in [0.3, 0.4) is 0 Å². The van der Waals surface area contributed by atoms with Crippen LogP contribution >= 0.6 is 11.6 Å². The number of hydrogen-bond acceptors (Lipinski definition) is 3. The third-order valence-corrected chi connectivity index (χ3v) is 2.98. The normalized spacial score (nSPS) is 17.9. The molecular weight excluding hydrogens is 256 g/mol. The molecule has 0 spiro atoms. The molecular formula is C12H13ClN2O3. The number of fused-ring (bicyclic) bond motifs is 1. The van der Waals surface area contributed by atoms with E-state index < -0.39 is 12.0 Å². The van der Waals surface area contributed by atoms with Crippen molar-refractivity contribution < 1.29 is 14.3 Å². The van der Waals surface area contributed by atoms with E-state index in [-0.39, 0.29) is 18.3 Å². The van der Waals surface area contributed by atoms with Crippen molar-refractivity contribution in [3.63, 3.8) is 0 Å². The van der Waals surface area contributed by atoms with Crippen LogP contribution in [-0.4, -0.2) is 30.3 Å². The lowest BCUT2D eigenvalue weighted by Gasteiger charge is -2.33. The van der Waals surface area contributed by atoms with Crippen molar-refractivity contribution in [1.29, 1.82) is 0 Å². The molecule has 0 aromatic heterocycles. The minimum Gasteiger partial charge on any atom is -0.477 e. The second-order valence-corrected chi connectivity index (χ2v) is 4.39. The van der Waals surface area contributed by atoms with E-state index in [0.29, 0.717) is 11.4 Å². The van der Waals surface area contributed by atoms with Crippen LogP contribution in [0, 0.1) is 6.92 Å². The molecule has 2 amide bonds. The summed E-state index contributed by atoms with van der Waals surface area (Å²) in [6.07, 6.45) is -0.840. The van der Waals surface area contributed by atoms with Crippen molar-refractivity contribution in [1.82, 2.24) is 0 Å². The fourth-order valence-electron chi connectivity index (χ4n) is 1.85. The summed E-state index contributed by atoms with van der Waals surface area (Å²) in [4.78, 5) is 24.4. The molecule has 5 nitrogen and oxygen atoms in total. The Bertz CT molecular complexity index is 504. The van der Waals surface area contributed by atoms with Gasteiger partial charge in [-0.1, -0.05) is 6.07 Å². The predicted octanol–water partition coefficient (Wildman–Crippen LogP) is 0.813. The quantitative estimate of drug-likeness (QED) is 0.807. The van der Waals surface area contributed by atoms with Crippen LogP contribution < -0.4 is 15.4 Å². The molecule has 0 saturated carbocycles. The van der Waals surface area contributed by atoms with Crippen LogP contribution in [0.15, 0.2) is 18.2 Å². The lowest BCUT2D eigenvalue weighted by molar-refractivity contribution is -0.125. The third kappa shape index (κ3) is 2.26. The zero-order chi connectivity index (χ0) is 13.3. The monoisotopic (exact) mass is 268 g/mol. The molecule has 1 atom stereocenters. The number of ether oxygens (including phenoxy) is 1. The summed E-state index contributed by atoms with van der Waals surface area (Å²) >= 11 is 5.57. The second kappa shape index (κ2) is 4.86. The van der Waals surface area contributed by atoms with Gasteiger partial charge in [0.05, 0.1) is 12.2 Å². The fraction of sp³-hybridized carbons (Fsp3) is 0.333. The number of nitrogens with two attached hydrogens (primary N) is 1. The summed E-state index contributed by atoms with van der Waals surface area (Å²) in [6, 6.07) is 5.37. The number of carbonyl (C=O) groups excluding carboxylic acids is 2. The minimum atomic E-state index is -0.840. The highest BCUT2D eigenvalue weighted by molar-refractivity contribution is 6.29. The number of benzene rings is 1. The molecule has 0 radical (unpaired) electrons. The highest BCUT2D eigenvalue weighted by Gasteiger charge is 2.32.